The fraction of sp³-hybridized carbons (Fsp3) is 0.833. The molecule has 0 saturated carbocycles. The van der Waals surface area contributed by atoms with Gasteiger partial charge in [0, 0.05) is 0 Å². The molecule has 0 heteroatoms. The van der Waals surface area contributed by atoms with Gasteiger partial charge in [-0.15, -0.1) is 0 Å². The fourth-order valence-corrected chi connectivity index (χ4v) is 1.51. The van der Waals surface area contributed by atoms with E-state index in [0.717, 1.165) is 0 Å². The molecule has 0 aliphatic heterocycles. The van der Waals surface area contributed by atoms with Crippen molar-refractivity contribution in [3.63, 3.8) is 0 Å². The van der Waals surface area contributed by atoms with Gasteiger partial charge in [-0.2, -0.15) is 0 Å². The number of hydrogen-bond acceptors (Lipinski definition) is 0. The molecule has 0 radical (unpaired) electrons. The first-order chi connectivity index (χ1) is 5.46. The average Bonchev–Trinajstić information content (AvgIpc) is 2.02. The SMILES string of the molecule is CCC(C)(CC)C(C)=CC(C)C. The first-order valence-electron chi connectivity index (χ1n) is 5.15. The van der Waals surface area contributed by atoms with E-state index in [1.807, 2.05) is 0 Å². The first-order valence-corrected chi connectivity index (χ1v) is 5.15. The molecule has 0 nitrogen and oxygen atoms in total. The molecule has 0 spiro atoms. The summed E-state index contributed by atoms with van der Waals surface area (Å²) in [5.74, 6) is 0.683. The summed E-state index contributed by atoms with van der Waals surface area (Å²) in [6.45, 7) is 13.7. The lowest BCUT2D eigenvalue weighted by Crippen LogP contribution is -2.15. The minimum atomic E-state index is 0.435. The van der Waals surface area contributed by atoms with Crippen LogP contribution < -0.4 is 0 Å². The molecule has 0 amide bonds. The molecular formula is C12H24. The highest BCUT2D eigenvalue weighted by Gasteiger charge is 2.21. The predicted octanol–water partition coefficient (Wildman–Crippen LogP) is 4.42. The maximum absolute atomic E-state index is 2.40. The van der Waals surface area contributed by atoms with E-state index in [4.69, 9.17) is 0 Å². The topological polar surface area (TPSA) is 0 Å². The summed E-state index contributed by atoms with van der Waals surface area (Å²) in [5.41, 5.74) is 1.99. The molecule has 0 N–H and O–H groups in total. The molecule has 0 unspecified atom stereocenters. The molecule has 72 valence electrons. The zero-order chi connectivity index (χ0) is 9.78. The minimum Gasteiger partial charge on any atom is -0.0825 e. The fourth-order valence-electron chi connectivity index (χ4n) is 1.51. The molecule has 0 fully saturated rings. The second-order valence-electron chi connectivity index (χ2n) is 4.36. The Morgan fingerprint density at radius 3 is 1.92 bits per heavy atom. The summed E-state index contributed by atoms with van der Waals surface area (Å²) >= 11 is 0. The molecule has 0 atom stereocenters. The van der Waals surface area contributed by atoms with Gasteiger partial charge in [0.2, 0.25) is 0 Å². The molecule has 0 aromatic rings. The van der Waals surface area contributed by atoms with Gasteiger partial charge in [-0.1, -0.05) is 46.3 Å². The van der Waals surface area contributed by atoms with Gasteiger partial charge in [-0.05, 0) is 31.1 Å². The first kappa shape index (κ1) is 11.7. The van der Waals surface area contributed by atoms with Crippen molar-refractivity contribution in [2.24, 2.45) is 11.3 Å². The van der Waals surface area contributed by atoms with Crippen LogP contribution in [0.1, 0.15) is 54.4 Å². The molecule has 0 bridgehead atoms. The van der Waals surface area contributed by atoms with Crippen LogP contribution in [0.2, 0.25) is 0 Å². The summed E-state index contributed by atoms with van der Waals surface area (Å²) in [4.78, 5) is 0. The molecular weight excluding hydrogens is 144 g/mol. The number of hydrogen-bond donors (Lipinski definition) is 0. The Kier molecular flexibility index (Phi) is 4.59. The largest absolute Gasteiger partial charge is 0.0825 e. The molecule has 0 rings (SSSR count). The second-order valence-corrected chi connectivity index (χ2v) is 4.36. The van der Waals surface area contributed by atoms with Gasteiger partial charge in [-0.25, -0.2) is 0 Å². The van der Waals surface area contributed by atoms with E-state index in [-0.39, 0.29) is 0 Å². The van der Waals surface area contributed by atoms with Crippen LogP contribution in [0.3, 0.4) is 0 Å². The lowest BCUT2D eigenvalue weighted by molar-refractivity contribution is 0.365. The van der Waals surface area contributed by atoms with E-state index in [2.05, 4.69) is 47.6 Å². The van der Waals surface area contributed by atoms with Crippen LogP contribution in [-0.4, -0.2) is 0 Å². The monoisotopic (exact) mass is 168 g/mol. The summed E-state index contributed by atoms with van der Waals surface area (Å²) in [6.07, 6.45) is 4.89. The maximum Gasteiger partial charge on any atom is -0.0124 e. The zero-order valence-corrected chi connectivity index (χ0v) is 9.57. The van der Waals surface area contributed by atoms with Crippen molar-refractivity contribution in [1.29, 1.82) is 0 Å². The zero-order valence-electron chi connectivity index (χ0n) is 9.57. The van der Waals surface area contributed by atoms with Crippen LogP contribution in [0.15, 0.2) is 11.6 Å². The normalized spacial score (nSPS) is 14.1. The van der Waals surface area contributed by atoms with Gasteiger partial charge in [0.15, 0.2) is 0 Å². The lowest BCUT2D eigenvalue weighted by atomic mass is 9.77. The molecule has 0 saturated heterocycles. The molecule has 12 heavy (non-hydrogen) atoms. The van der Waals surface area contributed by atoms with Gasteiger partial charge in [0.25, 0.3) is 0 Å². The highest BCUT2D eigenvalue weighted by atomic mass is 14.3. The number of allylic oxidation sites excluding steroid dienone is 2. The highest BCUT2D eigenvalue weighted by molar-refractivity contribution is 5.10. The predicted molar refractivity (Wildman–Crippen MR) is 57.3 cm³/mol. The van der Waals surface area contributed by atoms with Gasteiger partial charge in [0.1, 0.15) is 0 Å². The average molecular weight is 168 g/mol. The molecule has 0 aromatic carbocycles. The van der Waals surface area contributed by atoms with Crippen molar-refractivity contribution in [2.75, 3.05) is 0 Å². The Hall–Kier alpha value is -0.260. The maximum atomic E-state index is 2.40. The van der Waals surface area contributed by atoms with Crippen LogP contribution in [0.4, 0.5) is 0 Å². The van der Waals surface area contributed by atoms with Crippen molar-refractivity contribution in [1.82, 2.24) is 0 Å². The molecule has 0 aliphatic rings. The van der Waals surface area contributed by atoms with Crippen molar-refractivity contribution >= 4 is 0 Å². The Bertz CT molecular complexity index is 147. The van der Waals surface area contributed by atoms with Crippen LogP contribution in [0.25, 0.3) is 0 Å². The minimum absolute atomic E-state index is 0.435. The van der Waals surface area contributed by atoms with Gasteiger partial charge >= 0.3 is 0 Å². The molecule has 0 aliphatic carbocycles. The van der Waals surface area contributed by atoms with Gasteiger partial charge < -0.3 is 0 Å². The van der Waals surface area contributed by atoms with E-state index in [0.29, 0.717) is 11.3 Å². The lowest BCUT2D eigenvalue weighted by Gasteiger charge is -2.28. The quantitative estimate of drug-likeness (QED) is 0.545. The summed E-state index contributed by atoms with van der Waals surface area (Å²) in [5, 5.41) is 0. The van der Waals surface area contributed by atoms with Crippen LogP contribution >= 0.6 is 0 Å². The Balaban J connectivity index is 4.51. The summed E-state index contributed by atoms with van der Waals surface area (Å²) in [6, 6.07) is 0. The highest BCUT2D eigenvalue weighted by Crippen LogP contribution is 2.34. The van der Waals surface area contributed by atoms with Gasteiger partial charge in [-0.3, -0.25) is 0 Å². The Labute approximate surface area is 78.1 Å². The van der Waals surface area contributed by atoms with Gasteiger partial charge in [0.05, 0.1) is 0 Å². The standard InChI is InChI=1S/C12H24/c1-7-12(6,8-2)11(5)9-10(3)4/h9-10H,7-8H2,1-6H3. The molecule has 0 heterocycles. The van der Waals surface area contributed by atoms with E-state index in [1.54, 1.807) is 5.57 Å². The van der Waals surface area contributed by atoms with Crippen molar-refractivity contribution in [3.05, 3.63) is 11.6 Å². The Morgan fingerprint density at radius 1 is 1.25 bits per heavy atom. The van der Waals surface area contributed by atoms with Crippen molar-refractivity contribution in [2.45, 2.75) is 54.4 Å². The molecule has 0 aromatic heterocycles. The Morgan fingerprint density at radius 2 is 1.67 bits per heavy atom. The number of rotatable bonds is 4. The third-order valence-corrected chi connectivity index (χ3v) is 3.10. The third-order valence-electron chi connectivity index (χ3n) is 3.10. The van der Waals surface area contributed by atoms with Crippen LogP contribution in [0.5, 0.6) is 0 Å². The smallest absolute Gasteiger partial charge is 0.0124 e. The van der Waals surface area contributed by atoms with E-state index < -0.39 is 0 Å². The van der Waals surface area contributed by atoms with Crippen molar-refractivity contribution < 1.29 is 0 Å². The van der Waals surface area contributed by atoms with Crippen molar-refractivity contribution in [3.8, 4) is 0 Å². The summed E-state index contributed by atoms with van der Waals surface area (Å²) in [7, 11) is 0. The third kappa shape index (κ3) is 3.00. The van der Waals surface area contributed by atoms with E-state index in [1.165, 1.54) is 12.8 Å². The van der Waals surface area contributed by atoms with E-state index >= 15 is 0 Å². The van der Waals surface area contributed by atoms with Crippen LogP contribution in [-0.2, 0) is 0 Å². The summed E-state index contributed by atoms with van der Waals surface area (Å²) < 4.78 is 0. The second kappa shape index (κ2) is 4.69. The van der Waals surface area contributed by atoms with Crippen LogP contribution in [0, 0.1) is 11.3 Å². The van der Waals surface area contributed by atoms with E-state index in [9.17, 15) is 0 Å².